The van der Waals surface area contributed by atoms with Crippen LogP contribution in [0.3, 0.4) is 0 Å². The Bertz CT molecular complexity index is 396. The molecule has 0 aliphatic rings. The highest BCUT2D eigenvalue weighted by atomic mass is 35.5. The first-order chi connectivity index (χ1) is 8.04. The van der Waals surface area contributed by atoms with Crippen molar-refractivity contribution in [1.29, 1.82) is 0 Å². The molecule has 0 aliphatic carbocycles. The molecule has 1 unspecified atom stereocenters. The molecule has 0 heterocycles. The van der Waals surface area contributed by atoms with Gasteiger partial charge < -0.3 is 10.4 Å². The van der Waals surface area contributed by atoms with Crippen LogP contribution in [0.4, 0.5) is 0 Å². The maximum atomic E-state index is 11.7. The fraction of sp³-hybridized carbons (Fsp3) is 0.417. The van der Waals surface area contributed by atoms with Crippen molar-refractivity contribution in [2.75, 3.05) is 13.2 Å². The van der Waals surface area contributed by atoms with E-state index in [9.17, 15) is 4.79 Å². The molecule has 0 aromatic heterocycles. The Kier molecular flexibility index (Phi) is 5.75. The van der Waals surface area contributed by atoms with Crippen LogP contribution in [0.15, 0.2) is 18.2 Å². The maximum absolute atomic E-state index is 11.7. The molecule has 2 N–H and O–H groups in total. The van der Waals surface area contributed by atoms with Crippen molar-refractivity contribution < 1.29 is 9.90 Å². The van der Waals surface area contributed by atoms with Crippen molar-refractivity contribution in [2.24, 2.45) is 5.92 Å². The molecule has 0 aliphatic heterocycles. The molecule has 3 nitrogen and oxygen atoms in total. The van der Waals surface area contributed by atoms with Gasteiger partial charge in [-0.1, -0.05) is 30.1 Å². The zero-order valence-electron chi connectivity index (χ0n) is 9.54. The van der Waals surface area contributed by atoms with E-state index in [0.29, 0.717) is 28.6 Å². The molecule has 0 fully saturated rings. The van der Waals surface area contributed by atoms with Crippen molar-refractivity contribution in [1.82, 2.24) is 5.32 Å². The van der Waals surface area contributed by atoms with Gasteiger partial charge >= 0.3 is 0 Å². The number of carbonyl (C=O) groups is 1. The number of carbonyl (C=O) groups excluding carboxylic acids is 1. The summed E-state index contributed by atoms with van der Waals surface area (Å²) in [6, 6.07) is 4.76. The lowest BCUT2D eigenvalue weighted by molar-refractivity contribution is 0.0945. The quantitative estimate of drug-likeness (QED) is 0.868. The molecule has 1 amide bonds. The van der Waals surface area contributed by atoms with Gasteiger partial charge in [0.2, 0.25) is 0 Å². The SMILES string of the molecule is CC(CCO)CNC(=O)c1ccc(Cl)c(Cl)c1. The van der Waals surface area contributed by atoms with Crippen molar-refractivity contribution >= 4 is 29.1 Å². The lowest BCUT2D eigenvalue weighted by Gasteiger charge is -2.11. The molecule has 0 bridgehead atoms. The van der Waals surface area contributed by atoms with E-state index >= 15 is 0 Å². The molecule has 5 heteroatoms. The summed E-state index contributed by atoms with van der Waals surface area (Å²) in [5.74, 6) is 0.0556. The standard InChI is InChI=1S/C12H15Cl2NO2/c1-8(4-5-16)7-15-12(17)9-2-3-10(13)11(14)6-9/h2-3,6,8,16H,4-5,7H2,1H3,(H,15,17). The van der Waals surface area contributed by atoms with Gasteiger partial charge in [0, 0.05) is 18.7 Å². The second-order valence-electron chi connectivity index (χ2n) is 3.96. The Morgan fingerprint density at radius 3 is 2.71 bits per heavy atom. The van der Waals surface area contributed by atoms with Gasteiger partial charge in [0.25, 0.3) is 5.91 Å². The predicted molar refractivity (Wildman–Crippen MR) is 69.7 cm³/mol. The monoisotopic (exact) mass is 275 g/mol. The second-order valence-corrected chi connectivity index (χ2v) is 4.77. The van der Waals surface area contributed by atoms with Gasteiger partial charge in [-0.3, -0.25) is 4.79 Å². The van der Waals surface area contributed by atoms with E-state index in [1.807, 2.05) is 6.92 Å². The number of hydrogen-bond acceptors (Lipinski definition) is 2. The van der Waals surface area contributed by atoms with E-state index in [2.05, 4.69) is 5.32 Å². The number of halogens is 2. The van der Waals surface area contributed by atoms with Crippen LogP contribution in [0.2, 0.25) is 10.0 Å². The van der Waals surface area contributed by atoms with Crippen molar-refractivity contribution in [3.8, 4) is 0 Å². The molecule has 1 aromatic rings. The van der Waals surface area contributed by atoms with Crippen molar-refractivity contribution in [3.05, 3.63) is 33.8 Å². The van der Waals surface area contributed by atoms with Gasteiger partial charge in [-0.15, -0.1) is 0 Å². The minimum atomic E-state index is -0.187. The first kappa shape index (κ1) is 14.3. The van der Waals surface area contributed by atoms with Crippen molar-refractivity contribution in [3.63, 3.8) is 0 Å². The minimum absolute atomic E-state index is 0.129. The lowest BCUT2D eigenvalue weighted by atomic mass is 10.1. The van der Waals surface area contributed by atoms with Crippen LogP contribution in [0.25, 0.3) is 0 Å². The van der Waals surface area contributed by atoms with Crippen LogP contribution in [-0.2, 0) is 0 Å². The van der Waals surface area contributed by atoms with Crippen LogP contribution in [0.1, 0.15) is 23.7 Å². The third-order valence-corrected chi connectivity index (χ3v) is 3.15. The number of aliphatic hydroxyl groups is 1. The summed E-state index contributed by atoms with van der Waals surface area (Å²) >= 11 is 11.6. The summed E-state index contributed by atoms with van der Waals surface area (Å²) in [5.41, 5.74) is 0.482. The second kappa shape index (κ2) is 6.84. The summed E-state index contributed by atoms with van der Waals surface area (Å²) in [7, 11) is 0. The summed E-state index contributed by atoms with van der Waals surface area (Å²) in [6.45, 7) is 2.62. The summed E-state index contributed by atoms with van der Waals surface area (Å²) < 4.78 is 0. The number of amides is 1. The highest BCUT2D eigenvalue weighted by Gasteiger charge is 2.09. The Labute approximate surface area is 111 Å². The number of nitrogens with one attached hydrogen (secondary N) is 1. The summed E-state index contributed by atoms with van der Waals surface area (Å²) in [5, 5.41) is 12.3. The van der Waals surface area contributed by atoms with E-state index in [-0.39, 0.29) is 18.4 Å². The summed E-state index contributed by atoms with van der Waals surface area (Å²) in [4.78, 5) is 11.7. The van der Waals surface area contributed by atoms with Gasteiger partial charge in [-0.05, 0) is 30.5 Å². The average Bonchev–Trinajstić information content (AvgIpc) is 2.30. The predicted octanol–water partition coefficient (Wildman–Crippen LogP) is 2.74. The van der Waals surface area contributed by atoms with E-state index in [1.54, 1.807) is 12.1 Å². The zero-order valence-corrected chi connectivity index (χ0v) is 11.1. The van der Waals surface area contributed by atoms with Crippen LogP contribution >= 0.6 is 23.2 Å². The Morgan fingerprint density at radius 2 is 2.12 bits per heavy atom. The molecule has 0 spiro atoms. The Morgan fingerprint density at radius 1 is 1.41 bits per heavy atom. The maximum Gasteiger partial charge on any atom is 0.251 e. The molecule has 94 valence electrons. The molecule has 0 radical (unpaired) electrons. The van der Waals surface area contributed by atoms with Gasteiger partial charge in [0.1, 0.15) is 0 Å². The Hall–Kier alpha value is -0.770. The molecule has 1 aromatic carbocycles. The molecular weight excluding hydrogens is 261 g/mol. The van der Waals surface area contributed by atoms with Gasteiger partial charge in [-0.25, -0.2) is 0 Å². The number of hydrogen-bond donors (Lipinski definition) is 2. The minimum Gasteiger partial charge on any atom is -0.396 e. The van der Waals surface area contributed by atoms with Gasteiger partial charge in [0.15, 0.2) is 0 Å². The van der Waals surface area contributed by atoms with E-state index < -0.39 is 0 Å². The number of aliphatic hydroxyl groups excluding tert-OH is 1. The normalized spacial score (nSPS) is 12.2. The van der Waals surface area contributed by atoms with Gasteiger partial charge in [0.05, 0.1) is 10.0 Å². The molecule has 0 saturated heterocycles. The molecule has 17 heavy (non-hydrogen) atoms. The highest BCUT2D eigenvalue weighted by Crippen LogP contribution is 2.22. The largest absolute Gasteiger partial charge is 0.396 e. The molecule has 1 rings (SSSR count). The first-order valence-corrected chi connectivity index (χ1v) is 6.14. The fourth-order valence-corrected chi connectivity index (χ4v) is 1.63. The molecular formula is C12H15Cl2NO2. The van der Waals surface area contributed by atoms with E-state index in [4.69, 9.17) is 28.3 Å². The topological polar surface area (TPSA) is 49.3 Å². The van der Waals surface area contributed by atoms with E-state index in [1.165, 1.54) is 6.07 Å². The Balaban J connectivity index is 2.55. The van der Waals surface area contributed by atoms with Crippen LogP contribution in [0.5, 0.6) is 0 Å². The van der Waals surface area contributed by atoms with Crippen LogP contribution in [-0.4, -0.2) is 24.2 Å². The lowest BCUT2D eigenvalue weighted by Crippen LogP contribution is -2.28. The third-order valence-electron chi connectivity index (χ3n) is 2.41. The van der Waals surface area contributed by atoms with E-state index in [0.717, 1.165) is 0 Å². The first-order valence-electron chi connectivity index (χ1n) is 5.38. The number of benzene rings is 1. The van der Waals surface area contributed by atoms with Gasteiger partial charge in [-0.2, -0.15) is 0 Å². The average molecular weight is 276 g/mol. The molecule has 1 atom stereocenters. The summed E-state index contributed by atoms with van der Waals surface area (Å²) in [6.07, 6.45) is 0.668. The van der Waals surface area contributed by atoms with Crippen LogP contribution < -0.4 is 5.32 Å². The smallest absolute Gasteiger partial charge is 0.251 e. The zero-order chi connectivity index (χ0) is 12.8. The third kappa shape index (κ3) is 4.54. The number of rotatable bonds is 5. The highest BCUT2D eigenvalue weighted by molar-refractivity contribution is 6.42. The van der Waals surface area contributed by atoms with Crippen molar-refractivity contribution in [2.45, 2.75) is 13.3 Å². The fourth-order valence-electron chi connectivity index (χ4n) is 1.33. The van der Waals surface area contributed by atoms with Crippen LogP contribution in [0, 0.1) is 5.92 Å². The molecule has 0 saturated carbocycles.